The van der Waals surface area contributed by atoms with Crippen LogP contribution < -0.4 is 0 Å². The molecule has 3 heteroatoms. The largest absolute Gasteiger partial charge is 0.481 e. The molecule has 0 atom stereocenters. The minimum Gasteiger partial charge on any atom is -0.481 e. The van der Waals surface area contributed by atoms with E-state index in [-0.39, 0.29) is 12.5 Å². The standard InChI is InChI=1S/C14H17NO2/c1-9(2)15-11(8-14(16)17)7-12-10(3)5-4-6-13(12)15/h4-7,9H,8H2,1-3H3,(H,16,17). The molecule has 2 aromatic rings. The van der Waals surface area contributed by atoms with Crippen molar-refractivity contribution in [3.8, 4) is 0 Å². The van der Waals surface area contributed by atoms with Crippen LogP contribution >= 0.6 is 0 Å². The van der Waals surface area contributed by atoms with Gasteiger partial charge in [-0.25, -0.2) is 0 Å². The number of aryl methyl sites for hydroxylation is 1. The predicted molar refractivity (Wildman–Crippen MR) is 68.4 cm³/mol. The smallest absolute Gasteiger partial charge is 0.309 e. The van der Waals surface area contributed by atoms with Gasteiger partial charge in [-0.05, 0) is 38.5 Å². The van der Waals surface area contributed by atoms with Crippen molar-refractivity contribution < 1.29 is 9.90 Å². The minimum atomic E-state index is -0.785. The van der Waals surface area contributed by atoms with Crippen LogP contribution in [0.5, 0.6) is 0 Å². The minimum absolute atomic E-state index is 0.0757. The Bertz CT molecular complexity index is 567. The fourth-order valence-corrected chi connectivity index (χ4v) is 2.35. The number of aromatic nitrogens is 1. The van der Waals surface area contributed by atoms with E-state index in [4.69, 9.17) is 5.11 Å². The van der Waals surface area contributed by atoms with Crippen molar-refractivity contribution in [1.29, 1.82) is 0 Å². The predicted octanol–water partition coefficient (Wildman–Crippen LogP) is 3.16. The highest BCUT2D eigenvalue weighted by atomic mass is 16.4. The summed E-state index contributed by atoms with van der Waals surface area (Å²) >= 11 is 0. The molecule has 0 saturated carbocycles. The van der Waals surface area contributed by atoms with Gasteiger partial charge in [0, 0.05) is 22.6 Å². The first-order valence-corrected chi connectivity index (χ1v) is 5.82. The molecule has 0 saturated heterocycles. The van der Waals surface area contributed by atoms with Crippen LogP contribution in [0, 0.1) is 6.92 Å². The zero-order valence-corrected chi connectivity index (χ0v) is 10.4. The van der Waals surface area contributed by atoms with Gasteiger partial charge < -0.3 is 9.67 Å². The van der Waals surface area contributed by atoms with Crippen LogP contribution in [-0.2, 0) is 11.2 Å². The van der Waals surface area contributed by atoms with Gasteiger partial charge in [-0.15, -0.1) is 0 Å². The number of fused-ring (bicyclic) bond motifs is 1. The summed E-state index contributed by atoms with van der Waals surface area (Å²) < 4.78 is 2.11. The van der Waals surface area contributed by atoms with E-state index in [1.165, 1.54) is 5.56 Å². The summed E-state index contributed by atoms with van der Waals surface area (Å²) in [5.41, 5.74) is 3.18. The number of hydrogen-bond acceptors (Lipinski definition) is 1. The van der Waals surface area contributed by atoms with Gasteiger partial charge in [-0.1, -0.05) is 12.1 Å². The van der Waals surface area contributed by atoms with Crippen molar-refractivity contribution in [2.45, 2.75) is 33.2 Å². The Labute approximate surface area is 101 Å². The number of rotatable bonds is 3. The maximum Gasteiger partial charge on any atom is 0.309 e. The van der Waals surface area contributed by atoms with Gasteiger partial charge in [0.15, 0.2) is 0 Å². The average Bonchev–Trinajstić information content (AvgIpc) is 2.56. The number of aliphatic carboxylic acids is 1. The van der Waals surface area contributed by atoms with Crippen LogP contribution in [0.2, 0.25) is 0 Å². The molecule has 0 bridgehead atoms. The van der Waals surface area contributed by atoms with Crippen LogP contribution in [-0.4, -0.2) is 15.6 Å². The van der Waals surface area contributed by atoms with Gasteiger partial charge in [0.1, 0.15) is 0 Å². The van der Waals surface area contributed by atoms with Gasteiger partial charge >= 0.3 is 5.97 Å². The molecule has 0 spiro atoms. The number of nitrogens with zero attached hydrogens (tertiary/aromatic N) is 1. The van der Waals surface area contributed by atoms with E-state index < -0.39 is 5.97 Å². The number of hydrogen-bond donors (Lipinski definition) is 1. The van der Waals surface area contributed by atoms with E-state index in [0.29, 0.717) is 0 Å². The average molecular weight is 231 g/mol. The normalized spacial score (nSPS) is 11.3. The molecule has 0 unspecified atom stereocenters. The van der Waals surface area contributed by atoms with Crippen molar-refractivity contribution >= 4 is 16.9 Å². The van der Waals surface area contributed by atoms with Crippen molar-refractivity contribution in [3.63, 3.8) is 0 Å². The summed E-state index contributed by atoms with van der Waals surface area (Å²) in [5, 5.41) is 10.1. The van der Waals surface area contributed by atoms with Gasteiger partial charge in [-0.2, -0.15) is 0 Å². The first-order chi connectivity index (χ1) is 8.00. The Balaban J connectivity index is 2.70. The first-order valence-electron chi connectivity index (χ1n) is 5.82. The van der Waals surface area contributed by atoms with E-state index in [1.54, 1.807) is 0 Å². The Morgan fingerprint density at radius 1 is 1.41 bits per heavy atom. The third-order valence-corrected chi connectivity index (χ3v) is 3.03. The highest BCUT2D eigenvalue weighted by molar-refractivity contribution is 5.86. The van der Waals surface area contributed by atoms with E-state index >= 15 is 0 Å². The molecule has 0 aliphatic carbocycles. The Morgan fingerprint density at radius 2 is 2.12 bits per heavy atom. The Kier molecular flexibility index (Phi) is 2.92. The molecule has 3 nitrogen and oxygen atoms in total. The lowest BCUT2D eigenvalue weighted by molar-refractivity contribution is -0.136. The third kappa shape index (κ3) is 2.05. The van der Waals surface area contributed by atoms with Crippen LogP contribution in [0.1, 0.15) is 31.1 Å². The van der Waals surface area contributed by atoms with Crippen LogP contribution in [0.15, 0.2) is 24.3 Å². The van der Waals surface area contributed by atoms with E-state index in [0.717, 1.165) is 16.6 Å². The number of carboxylic acid groups (broad SMARTS) is 1. The molecule has 2 rings (SSSR count). The second-order valence-corrected chi connectivity index (χ2v) is 4.68. The summed E-state index contributed by atoms with van der Waals surface area (Å²) in [5.74, 6) is -0.785. The fraction of sp³-hybridized carbons (Fsp3) is 0.357. The molecule has 0 radical (unpaired) electrons. The summed E-state index contributed by atoms with van der Waals surface area (Å²) in [4.78, 5) is 10.9. The van der Waals surface area contributed by atoms with Crippen LogP contribution in [0.4, 0.5) is 0 Å². The molecular weight excluding hydrogens is 214 g/mol. The molecule has 0 aliphatic heterocycles. The third-order valence-electron chi connectivity index (χ3n) is 3.03. The van der Waals surface area contributed by atoms with E-state index in [2.05, 4.69) is 31.4 Å². The molecule has 0 amide bonds. The lowest BCUT2D eigenvalue weighted by atomic mass is 10.1. The van der Waals surface area contributed by atoms with Gasteiger partial charge in [0.25, 0.3) is 0 Å². The first kappa shape index (κ1) is 11.7. The summed E-state index contributed by atoms with van der Waals surface area (Å²) in [7, 11) is 0. The second-order valence-electron chi connectivity index (χ2n) is 4.68. The van der Waals surface area contributed by atoms with Crippen molar-refractivity contribution in [1.82, 2.24) is 4.57 Å². The molecule has 17 heavy (non-hydrogen) atoms. The number of carbonyl (C=O) groups is 1. The van der Waals surface area contributed by atoms with E-state index in [1.807, 2.05) is 18.2 Å². The molecule has 1 heterocycles. The fourth-order valence-electron chi connectivity index (χ4n) is 2.35. The lowest BCUT2D eigenvalue weighted by Gasteiger charge is -2.13. The van der Waals surface area contributed by atoms with Crippen molar-refractivity contribution in [3.05, 3.63) is 35.5 Å². The SMILES string of the molecule is Cc1cccc2c1cc(CC(=O)O)n2C(C)C. The van der Waals surface area contributed by atoms with Gasteiger partial charge in [0.2, 0.25) is 0 Å². The molecule has 0 fully saturated rings. The quantitative estimate of drug-likeness (QED) is 0.881. The molecule has 1 aromatic carbocycles. The maximum atomic E-state index is 10.9. The molecule has 1 aromatic heterocycles. The number of benzene rings is 1. The zero-order chi connectivity index (χ0) is 12.6. The highest BCUT2D eigenvalue weighted by Crippen LogP contribution is 2.26. The van der Waals surface area contributed by atoms with Gasteiger partial charge in [-0.3, -0.25) is 4.79 Å². The van der Waals surface area contributed by atoms with Crippen LogP contribution in [0.25, 0.3) is 10.9 Å². The molecular formula is C14H17NO2. The summed E-state index contributed by atoms with van der Waals surface area (Å²) in [6.45, 7) is 6.21. The molecule has 0 aliphatic rings. The monoisotopic (exact) mass is 231 g/mol. The van der Waals surface area contributed by atoms with Crippen LogP contribution in [0.3, 0.4) is 0 Å². The molecule has 90 valence electrons. The van der Waals surface area contributed by atoms with E-state index in [9.17, 15) is 4.79 Å². The maximum absolute atomic E-state index is 10.9. The van der Waals surface area contributed by atoms with Gasteiger partial charge in [0.05, 0.1) is 6.42 Å². The second kappa shape index (κ2) is 4.24. The Morgan fingerprint density at radius 3 is 2.71 bits per heavy atom. The topological polar surface area (TPSA) is 42.2 Å². The number of carboxylic acids is 1. The Hall–Kier alpha value is -1.77. The summed E-state index contributed by atoms with van der Waals surface area (Å²) in [6.07, 6.45) is 0.0757. The highest BCUT2D eigenvalue weighted by Gasteiger charge is 2.14. The summed E-state index contributed by atoms with van der Waals surface area (Å²) in [6, 6.07) is 8.38. The molecule has 1 N–H and O–H groups in total. The zero-order valence-electron chi connectivity index (χ0n) is 10.4. The van der Waals surface area contributed by atoms with Crippen molar-refractivity contribution in [2.75, 3.05) is 0 Å². The van der Waals surface area contributed by atoms with Crippen molar-refractivity contribution in [2.24, 2.45) is 0 Å². The lowest BCUT2D eigenvalue weighted by Crippen LogP contribution is -2.09.